The number of hydroxylamine groups is 2. The fourth-order valence-electron chi connectivity index (χ4n) is 3.90. The monoisotopic (exact) mass is 465 g/mol. The third-order valence-corrected chi connectivity index (χ3v) is 7.65. The molecule has 0 aliphatic carbocycles. The molecule has 31 heavy (non-hydrogen) atoms. The van der Waals surface area contributed by atoms with Crippen LogP contribution in [0.1, 0.15) is 22.1 Å². The van der Waals surface area contributed by atoms with Gasteiger partial charge in [0.15, 0.2) is 0 Å². The maximum absolute atomic E-state index is 13.1. The number of hydrogen-bond donors (Lipinski definition) is 2. The van der Waals surface area contributed by atoms with Gasteiger partial charge in [0, 0.05) is 55.1 Å². The molecule has 164 valence electrons. The number of rotatable bonds is 3. The van der Waals surface area contributed by atoms with Gasteiger partial charge in [-0.25, -0.2) is 13.4 Å². The van der Waals surface area contributed by atoms with Gasteiger partial charge < -0.3 is 19.5 Å². The van der Waals surface area contributed by atoms with Crippen molar-refractivity contribution in [2.75, 3.05) is 32.7 Å². The summed E-state index contributed by atoms with van der Waals surface area (Å²) in [7, 11) is -3.73. The van der Waals surface area contributed by atoms with Crippen LogP contribution >= 0.6 is 11.6 Å². The maximum atomic E-state index is 13.1. The minimum atomic E-state index is -3.73. The molecule has 2 aliphatic heterocycles. The van der Waals surface area contributed by atoms with E-state index in [1.54, 1.807) is 24.3 Å². The quantitative estimate of drug-likeness (QED) is 0.603. The summed E-state index contributed by atoms with van der Waals surface area (Å²) >= 11 is 5.99. The number of oxazole rings is 1. The number of carbonyl (C=O) groups is 1. The van der Waals surface area contributed by atoms with E-state index >= 15 is 0 Å². The van der Waals surface area contributed by atoms with Crippen LogP contribution in [0.3, 0.4) is 0 Å². The number of halogens is 1. The first kappa shape index (κ1) is 20.5. The number of fused-ring (bicyclic) bond motifs is 2. The summed E-state index contributed by atoms with van der Waals surface area (Å²) in [4.78, 5) is 21.5. The second kappa shape index (κ2) is 7.61. The van der Waals surface area contributed by atoms with Crippen molar-refractivity contribution in [1.82, 2.24) is 24.2 Å². The van der Waals surface area contributed by atoms with E-state index in [0.29, 0.717) is 40.3 Å². The van der Waals surface area contributed by atoms with E-state index in [1.807, 2.05) is 0 Å². The van der Waals surface area contributed by atoms with Gasteiger partial charge in [0.05, 0.1) is 12.2 Å². The zero-order valence-electron chi connectivity index (χ0n) is 16.4. The maximum Gasteiger partial charge on any atom is 0.309 e. The number of aromatic nitrogens is 2. The lowest BCUT2D eigenvalue weighted by atomic mass is 10.2. The van der Waals surface area contributed by atoms with E-state index in [9.17, 15) is 18.4 Å². The van der Waals surface area contributed by atoms with Crippen LogP contribution in [0, 0.1) is 0 Å². The molecule has 4 heterocycles. The smallest absolute Gasteiger partial charge is 0.309 e. The Morgan fingerprint density at radius 2 is 1.94 bits per heavy atom. The van der Waals surface area contributed by atoms with Crippen LogP contribution in [0.15, 0.2) is 33.7 Å². The Kier molecular flexibility index (Phi) is 5.02. The third kappa shape index (κ3) is 3.72. The van der Waals surface area contributed by atoms with Crippen LogP contribution in [0.5, 0.6) is 0 Å². The summed E-state index contributed by atoms with van der Waals surface area (Å²) in [6.07, 6.45) is 0.504. The first-order valence-electron chi connectivity index (χ1n) is 9.81. The Labute approximate surface area is 183 Å². The second-order valence-corrected chi connectivity index (χ2v) is 9.93. The molecular weight excluding hydrogens is 446 g/mol. The van der Waals surface area contributed by atoms with Crippen molar-refractivity contribution in [3.05, 3.63) is 46.6 Å². The Hall–Kier alpha value is -2.44. The molecule has 1 amide bonds. The zero-order valence-corrected chi connectivity index (χ0v) is 18.0. The van der Waals surface area contributed by atoms with E-state index < -0.39 is 10.0 Å². The summed E-state index contributed by atoms with van der Waals surface area (Å²) in [5.74, 6) is 0.0810. The van der Waals surface area contributed by atoms with Crippen molar-refractivity contribution < 1.29 is 22.8 Å². The number of hydrogen-bond acceptors (Lipinski definition) is 7. The van der Waals surface area contributed by atoms with Crippen LogP contribution in [0.2, 0.25) is 5.02 Å². The predicted molar refractivity (Wildman–Crippen MR) is 110 cm³/mol. The van der Waals surface area contributed by atoms with Crippen LogP contribution in [0.25, 0.3) is 10.9 Å². The number of aromatic amines is 1. The van der Waals surface area contributed by atoms with Crippen LogP contribution in [0.4, 0.5) is 0 Å². The van der Waals surface area contributed by atoms with Gasteiger partial charge in [-0.2, -0.15) is 9.37 Å². The molecule has 10 nitrogen and oxygen atoms in total. The standard InChI is InChI=1S/C19H20ClN5O5S/c20-13-1-2-14-12(9-13)10-17(21-14)31(28,29)25-7-5-23(6-8-25)19(26)18-22-15-3-4-24(27)11-16(15)30-18/h1-2,9-10,21,27H,3-8,11H2. The largest absolute Gasteiger partial charge is 0.436 e. The molecule has 2 aromatic heterocycles. The lowest BCUT2D eigenvalue weighted by Crippen LogP contribution is -2.50. The Balaban J connectivity index is 1.28. The van der Waals surface area contributed by atoms with Gasteiger partial charge in [0.2, 0.25) is 0 Å². The number of sulfonamides is 1. The number of piperazine rings is 1. The van der Waals surface area contributed by atoms with Gasteiger partial charge in [-0.3, -0.25) is 4.79 Å². The third-order valence-electron chi connectivity index (χ3n) is 5.60. The molecule has 0 bridgehead atoms. The van der Waals surface area contributed by atoms with E-state index in [-0.39, 0.29) is 49.5 Å². The molecule has 0 atom stereocenters. The van der Waals surface area contributed by atoms with Crippen molar-refractivity contribution in [2.24, 2.45) is 0 Å². The fraction of sp³-hybridized carbons (Fsp3) is 0.368. The SMILES string of the molecule is O=C(c1nc2c(o1)CN(O)CC2)N1CCN(S(=O)(=O)c2cc3cc(Cl)ccc3[nH]2)CC1. The van der Waals surface area contributed by atoms with Crippen molar-refractivity contribution in [3.63, 3.8) is 0 Å². The molecular formula is C19H20ClN5O5S. The molecule has 2 aliphatic rings. The van der Waals surface area contributed by atoms with Gasteiger partial charge >= 0.3 is 5.91 Å². The summed E-state index contributed by atoms with van der Waals surface area (Å²) in [6.45, 7) is 1.40. The predicted octanol–water partition coefficient (Wildman–Crippen LogP) is 1.70. The molecule has 2 N–H and O–H groups in total. The van der Waals surface area contributed by atoms with Crippen molar-refractivity contribution >= 4 is 38.4 Å². The highest BCUT2D eigenvalue weighted by Crippen LogP contribution is 2.25. The highest BCUT2D eigenvalue weighted by molar-refractivity contribution is 7.89. The molecule has 5 rings (SSSR count). The first-order chi connectivity index (χ1) is 14.8. The van der Waals surface area contributed by atoms with Gasteiger partial charge in [0.1, 0.15) is 10.8 Å². The van der Waals surface area contributed by atoms with Gasteiger partial charge in [-0.1, -0.05) is 11.6 Å². The lowest BCUT2D eigenvalue weighted by molar-refractivity contribution is -0.108. The molecule has 0 saturated carbocycles. The molecule has 12 heteroatoms. The second-order valence-electron chi connectivity index (χ2n) is 7.59. The minimum Gasteiger partial charge on any atom is -0.436 e. The summed E-state index contributed by atoms with van der Waals surface area (Å²) in [5.41, 5.74) is 1.36. The average Bonchev–Trinajstić information content (AvgIpc) is 3.37. The number of nitrogens with one attached hydrogen (secondary N) is 1. The molecule has 3 aromatic rings. The number of benzene rings is 1. The van der Waals surface area contributed by atoms with Crippen molar-refractivity contribution in [2.45, 2.75) is 18.0 Å². The Morgan fingerprint density at radius 1 is 1.16 bits per heavy atom. The molecule has 0 radical (unpaired) electrons. The highest BCUT2D eigenvalue weighted by Gasteiger charge is 2.33. The lowest BCUT2D eigenvalue weighted by Gasteiger charge is -2.33. The van der Waals surface area contributed by atoms with Gasteiger partial charge in [-0.05, 0) is 24.3 Å². The molecule has 0 unspecified atom stereocenters. The number of carbonyl (C=O) groups excluding carboxylic acids is 1. The molecule has 1 fully saturated rings. The topological polar surface area (TPSA) is 123 Å². The fourth-order valence-corrected chi connectivity index (χ4v) is 5.51. The van der Waals surface area contributed by atoms with E-state index in [2.05, 4.69) is 9.97 Å². The van der Waals surface area contributed by atoms with E-state index in [4.69, 9.17) is 16.0 Å². The first-order valence-corrected chi connectivity index (χ1v) is 11.6. The number of H-pyrrole nitrogens is 1. The zero-order chi connectivity index (χ0) is 21.8. The normalized spacial score (nSPS) is 18.5. The molecule has 1 saturated heterocycles. The highest BCUT2D eigenvalue weighted by atomic mass is 35.5. The summed E-state index contributed by atoms with van der Waals surface area (Å²) in [6, 6.07) is 6.70. The number of amides is 1. The summed E-state index contributed by atoms with van der Waals surface area (Å²) < 4.78 is 33.0. The summed E-state index contributed by atoms with van der Waals surface area (Å²) in [5, 5.41) is 12.0. The van der Waals surface area contributed by atoms with Crippen molar-refractivity contribution in [3.8, 4) is 0 Å². The molecule has 0 spiro atoms. The van der Waals surface area contributed by atoms with Crippen LogP contribution < -0.4 is 0 Å². The van der Waals surface area contributed by atoms with Crippen LogP contribution in [-0.4, -0.2) is 76.5 Å². The number of nitrogens with zero attached hydrogens (tertiary/aromatic N) is 4. The van der Waals surface area contributed by atoms with Crippen molar-refractivity contribution in [1.29, 1.82) is 0 Å². The van der Waals surface area contributed by atoms with Gasteiger partial charge in [0.25, 0.3) is 15.9 Å². The Morgan fingerprint density at radius 3 is 2.71 bits per heavy atom. The average molecular weight is 466 g/mol. The van der Waals surface area contributed by atoms with Gasteiger partial charge in [-0.15, -0.1) is 0 Å². The van der Waals surface area contributed by atoms with E-state index in [1.165, 1.54) is 9.21 Å². The molecule has 1 aromatic carbocycles. The minimum absolute atomic E-state index is 0.0240. The van der Waals surface area contributed by atoms with Crippen LogP contribution in [-0.2, 0) is 23.0 Å². The Bertz CT molecular complexity index is 1260. The van der Waals surface area contributed by atoms with E-state index in [0.717, 1.165) is 5.06 Å².